The minimum Gasteiger partial charge on any atom is -0.492 e. The molecule has 0 fully saturated rings. The zero-order valence-electron chi connectivity index (χ0n) is 68.2. The Morgan fingerprint density at radius 2 is 0.421 bits per heavy atom. The number of nitrogens with zero attached hydrogens (tertiary/aromatic N) is 4. The molecule has 0 unspecified atom stereocenters. The normalized spacial score (nSPS) is 12.0. The van der Waals surface area contributed by atoms with Gasteiger partial charge in [-0.2, -0.15) is 0 Å². The number of carbonyl (C=O) groups is 2. The minimum atomic E-state index is -0.633. The van der Waals surface area contributed by atoms with Gasteiger partial charge in [-0.25, -0.2) is 29.5 Å². The van der Waals surface area contributed by atoms with Crippen LogP contribution < -0.4 is 18.9 Å². The van der Waals surface area contributed by atoms with E-state index in [4.69, 9.17) is 38.9 Å². The van der Waals surface area contributed by atoms with Gasteiger partial charge < -0.3 is 38.9 Å². The molecule has 12 aromatic carbocycles. The lowest BCUT2D eigenvalue weighted by molar-refractivity contribution is 0.0720. The Bertz CT molecular complexity index is 7420. The van der Waals surface area contributed by atoms with Crippen molar-refractivity contribution in [3.05, 3.63) is 396 Å². The van der Waals surface area contributed by atoms with Gasteiger partial charge in [0.2, 0.25) is 0 Å². The van der Waals surface area contributed by atoms with Crippen LogP contribution in [-0.4, -0.2) is 66.0 Å². The van der Waals surface area contributed by atoms with Crippen molar-refractivity contribution in [3.8, 4) is 123 Å². The molecule has 0 saturated carbocycles. The van der Waals surface area contributed by atoms with Crippen LogP contribution in [0.4, 0.5) is 0 Å². The quantitative estimate of drug-likeness (QED) is 0.0569. The maximum Gasteiger partial charge on any atom is 0.343 e. The Labute approximate surface area is 723 Å². The molecule has 0 radical (unpaired) electrons. The van der Waals surface area contributed by atoms with Crippen molar-refractivity contribution < 1.29 is 28.5 Å². The second-order valence-electron chi connectivity index (χ2n) is 31.1. The maximum atomic E-state index is 15.2. The molecule has 0 atom stereocenters. The molecule has 126 heavy (non-hydrogen) atoms. The van der Waals surface area contributed by atoms with E-state index < -0.39 is 11.9 Å². The third kappa shape index (κ3) is 13.6. The first-order chi connectivity index (χ1) is 62.2. The number of nitrogens with one attached hydrogen (secondary N) is 4. The summed E-state index contributed by atoms with van der Waals surface area (Å²) in [6.45, 7) is 0. The average molecular weight is 1630 g/mol. The van der Waals surface area contributed by atoms with Gasteiger partial charge in [0, 0.05) is 99.8 Å². The van der Waals surface area contributed by atoms with Gasteiger partial charge in [-0.1, -0.05) is 255 Å². The van der Waals surface area contributed by atoms with Gasteiger partial charge in [0.15, 0.2) is 23.0 Å². The molecule has 4 N–H and O–H groups in total. The van der Waals surface area contributed by atoms with E-state index in [1.54, 1.807) is 38.5 Å². The van der Waals surface area contributed by atoms with Gasteiger partial charge in [-0.3, -0.25) is 0 Å². The van der Waals surface area contributed by atoms with Crippen molar-refractivity contribution in [1.29, 1.82) is 0 Å². The summed E-state index contributed by atoms with van der Waals surface area (Å²) >= 11 is 0. The molecule has 16 bridgehead atoms. The third-order valence-electron chi connectivity index (χ3n) is 23.7. The molecule has 4 aliphatic rings. The minimum absolute atomic E-state index is 0.150. The first-order valence-electron chi connectivity index (χ1n) is 41.7. The van der Waals surface area contributed by atoms with E-state index in [9.17, 15) is 0 Å². The molecule has 22 rings (SSSR count). The van der Waals surface area contributed by atoms with Crippen molar-refractivity contribution in [2.75, 3.05) is 14.2 Å². The van der Waals surface area contributed by atoms with Crippen LogP contribution in [0.5, 0.6) is 23.0 Å². The van der Waals surface area contributed by atoms with Gasteiger partial charge >= 0.3 is 11.9 Å². The Balaban J connectivity index is 0.629. The van der Waals surface area contributed by atoms with Crippen molar-refractivity contribution in [1.82, 2.24) is 39.9 Å². The molecule has 10 heterocycles. The number of rotatable bonds is 15. The number of methoxy groups -OCH3 is 2. The largest absolute Gasteiger partial charge is 0.492 e. The van der Waals surface area contributed by atoms with Gasteiger partial charge in [-0.05, 0) is 200 Å². The second kappa shape index (κ2) is 31.8. The van der Waals surface area contributed by atoms with Crippen molar-refractivity contribution >= 4 is 126 Å². The maximum absolute atomic E-state index is 15.2. The second-order valence-corrected chi connectivity index (χ2v) is 31.1. The number of carbonyl (C=O) groups excluding carboxylic acids is 2. The van der Waals surface area contributed by atoms with E-state index in [1.807, 2.05) is 170 Å². The van der Waals surface area contributed by atoms with E-state index in [2.05, 4.69) is 214 Å². The number of benzene rings is 12. The fourth-order valence-corrected chi connectivity index (χ4v) is 18.0. The van der Waals surface area contributed by atoms with Crippen LogP contribution in [0.15, 0.2) is 340 Å². The summed E-state index contributed by atoms with van der Waals surface area (Å²) in [5.41, 5.74) is 29.6. The van der Waals surface area contributed by atoms with Crippen LogP contribution in [0.2, 0.25) is 0 Å². The van der Waals surface area contributed by atoms with Crippen LogP contribution in [0, 0.1) is 0 Å². The molecule has 0 spiro atoms. The third-order valence-corrected chi connectivity index (χ3v) is 23.7. The standard InChI is InChI=1S/C112H74N8O6/c1-123-109-97(125-111(121)75-45-41-73(42-46-75)105-93-61-57-89(117-93)101(69-29-13-5-14-30-69)85-53-49-81(113-85)99(67-25-9-3-10-26-67)82-50-54-86(114-82)102(70-31-15-6-16-32-70)90-58-62-94(105)118-90)65-77-37-21-23-39-79(77)107(109)108-80-40-24-22-38-78(80)66-98(110(108)124-2)126-112(122)76-47-43-74(44-48-76)106-95-63-59-91(119-95)103(71-33-17-7-18-34-71)87-55-51-83(115-87)100(68-27-11-4-12-28-68)84-52-56-88(116-84)104(72-35-19-8-20-36-72)92-60-64-96(106)120-92/h3-66,113,115,118,120H,1-2H3. The number of fused-ring (bicyclic) bond motifs is 18. The lowest BCUT2D eigenvalue weighted by Gasteiger charge is -2.21. The highest BCUT2D eigenvalue weighted by atomic mass is 16.6. The SMILES string of the molecule is COc1c(OC(=O)c2ccc(-c3c4nc(c(-c5ccccc5)c5ccc([nH]5)c(-c5ccccc5)c5nc(c(-c6ccccc6)c6ccc3[nH]6)C=C5)C=C4)cc2)cc2ccccc2c1-c1c(OC)c(OC(=O)c2ccc(-c3c4nc(c(-c5ccccc5)c5ccc([nH]5)c(-c5ccccc5)c5nc(c(-c6ccccc6)c6ccc3[nH]6)C=C5)C=C4)cc2)cc2ccccc12. The van der Waals surface area contributed by atoms with E-state index in [1.165, 1.54) is 0 Å². The van der Waals surface area contributed by atoms with E-state index in [-0.39, 0.29) is 34.1 Å². The van der Waals surface area contributed by atoms with Crippen LogP contribution in [-0.2, 0) is 0 Å². The van der Waals surface area contributed by atoms with Crippen LogP contribution in [0.3, 0.4) is 0 Å². The Morgan fingerprint density at radius 1 is 0.222 bits per heavy atom. The Morgan fingerprint density at radius 3 is 0.635 bits per heavy atom. The summed E-state index contributed by atoms with van der Waals surface area (Å²) in [6.07, 6.45) is 16.6. The summed E-state index contributed by atoms with van der Waals surface area (Å²) in [4.78, 5) is 67.7. The fourth-order valence-electron chi connectivity index (χ4n) is 18.0. The molecule has 14 nitrogen and oxygen atoms in total. The number of H-pyrrole nitrogens is 4. The lowest BCUT2D eigenvalue weighted by atomic mass is 9.91. The van der Waals surface area contributed by atoms with Gasteiger partial charge in [0.25, 0.3) is 0 Å². The van der Waals surface area contributed by atoms with Crippen LogP contribution >= 0.6 is 0 Å². The van der Waals surface area contributed by atoms with Crippen LogP contribution in [0.1, 0.15) is 66.3 Å². The molecule has 4 aliphatic heterocycles. The number of hydrogen-bond donors (Lipinski definition) is 4. The number of hydrogen-bond acceptors (Lipinski definition) is 10. The first-order valence-corrected chi connectivity index (χ1v) is 41.7. The number of ether oxygens (including phenoxy) is 4. The molecule has 18 aromatic rings. The molecule has 6 aromatic heterocycles. The van der Waals surface area contributed by atoms with E-state index >= 15 is 9.59 Å². The monoisotopic (exact) mass is 1630 g/mol. The summed E-state index contributed by atoms with van der Waals surface area (Å²) in [5.74, 6) is -0.473. The number of aromatic amines is 4. The molecule has 0 amide bonds. The molecule has 14 heteroatoms. The summed E-state index contributed by atoms with van der Waals surface area (Å²) in [7, 11) is 3.10. The Kier molecular flexibility index (Phi) is 19.0. The van der Waals surface area contributed by atoms with E-state index in [0.717, 1.165) is 189 Å². The Hall–Kier alpha value is -17.1. The van der Waals surface area contributed by atoms with Crippen molar-refractivity contribution in [3.63, 3.8) is 0 Å². The summed E-state index contributed by atoms with van der Waals surface area (Å²) in [5, 5.41) is 2.99. The molecule has 598 valence electrons. The highest BCUT2D eigenvalue weighted by molar-refractivity contribution is 6.13. The highest BCUT2D eigenvalue weighted by Crippen LogP contribution is 2.53. The van der Waals surface area contributed by atoms with Gasteiger partial charge in [-0.15, -0.1) is 0 Å². The van der Waals surface area contributed by atoms with E-state index in [0.29, 0.717) is 22.5 Å². The average Bonchev–Trinajstić information content (AvgIpc) is 0.852. The zero-order chi connectivity index (χ0) is 84.3. The molecular formula is C112H74N8O6. The highest BCUT2D eigenvalue weighted by Gasteiger charge is 2.30. The lowest BCUT2D eigenvalue weighted by Crippen LogP contribution is -2.11. The zero-order valence-corrected chi connectivity index (χ0v) is 68.2. The summed E-state index contributed by atoms with van der Waals surface area (Å²) < 4.78 is 26.2. The fraction of sp³-hybridized carbons (Fsp3) is 0.0179. The summed E-state index contributed by atoms with van der Waals surface area (Å²) in [6, 6.07) is 113. The number of aromatic nitrogens is 8. The first kappa shape index (κ1) is 75.1. The smallest absolute Gasteiger partial charge is 0.343 e. The number of esters is 2. The molecular weight excluding hydrogens is 1550 g/mol. The molecule has 0 aliphatic carbocycles. The van der Waals surface area contributed by atoms with Crippen molar-refractivity contribution in [2.45, 2.75) is 0 Å². The predicted octanol–water partition coefficient (Wildman–Crippen LogP) is 27.4. The van der Waals surface area contributed by atoms with Gasteiger partial charge in [0.1, 0.15) is 0 Å². The molecule has 0 saturated heterocycles. The predicted molar refractivity (Wildman–Crippen MR) is 511 cm³/mol. The topological polar surface area (TPSA) is 186 Å². The van der Waals surface area contributed by atoms with Crippen molar-refractivity contribution in [2.24, 2.45) is 0 Å². The van der Waals surface area contributed by atoms with Gasteiger partial charge in [0.05, 0.1) is 70.9 Å². The van der Waals surface area contributed by atoms with Crippen LogP contribution in [0.25, 0.3) is 214 Å².